The van der Waals surface area contributed by atoms with Crippen molar-refractivity contribution in [3.05, 3.63) is 93.2 Å². The van der Waals surface area contributed by atoms with Crippen LogP contribution in [0.5, 0.6) is 5.75 Å². The zero-order valence-electron chi connectivity index (χ0n) is 20.8. The maximum Gasteiger partial charge on any atom is 0.293 e. The molecule has 7 heteroatoms. The average molecular weight is 487 g/mol. The summed E-state index contributed by atoms with van der Waals surface area (Å²) in [6, 6.07) is 16.6. The molecule has 1 aromatic heterocycles. The second-order valence-corrected chi connectivity index (χ2v) is 9.10. The SMILES string of the molecule is CCCNCC(Cc1ccc(C#Cc2ccc(CN3CCOCC3)cc2)cc1)c1nc[nH]c(=O)c1O. The molecule has 4 rings (SSSR count). The number of nitrogens with one attached hydrogen (secondary N) is 2. The van der Waals surface area contributed by atoms with Gasteiger partial charge >= 0.3 is 0 Å². The number of ether oxygens (including phenoxy) is 1. The van der Waals surface area contributed by atoms with E-state index in [2.05, 4.69) is 63.2 Å². The zero-order valence-corrected chi connectivity index (χ0v) is 20.8. The van der Waals surface area contributed by atoms with E-state index in [4.69, 9.17) is 4.74 Å². The summed E-state index contributed by atoms with van der Waals surface area (Å²) in [5.41, 5.74) is 4.22. The van der Waals surface area contributed by atoms with Gasteiger partial charge in [-0.05, 0) is 54.8 Å². The standard InChI is InChI=1S/C29H34N4O3/c1-2-13-30-19-26(27-28(34)29(35)32-21-31-27)18-24-9-5-22(6-10-24)3-4-23-7-11-25(12-8-23)20-33-14-16-36-17-15-33/h5-12,21,26,30,34H,2,13-20H2,1H3,(H,31,32,35). The predicted octanol–water partition coefficient (Wildman–Crippen LogP) is 3.03. The number of nitrogens with zero attached hydrogens (tertiary/aromatic N) is 2. The minimum absolute atomic E-state index is 0.119. The fourth-order valence-corrected chi connectivity index (χ4v) is 4.29. The van der Waals surface area contributed by atoms with E-state index < -0.39 is 5.56 Å². The number of hydrogen-bond donors (Lipinski definition) is 3. The van der Waals surface area contributed by atoms with Gasteiger partial charge in [-0.25, -0.2) is 4.98 Å². The van der Waals surface area contributed by atoms with Gasteiger partial charge in [-0.1, -0.05) is 43.0 Å². The van der Waals surface area contributed by atoms with Gasteiger partial charge in [-0.15, -0.1) is 0 Å². The van der Waals surface area contributed by atoms with Crippen molar-refractivity contribution < 1.29 is 9.84 Å². The molecule has 0 spiro atoms. The maximum absolute atomic E-state index is 11.9. The molecule has 1 aliphatic heterocycles. The van der Waals surface area contributed by atoms with Crippen LogP contribution in [-0.4, -0.2) is 59.4 Å². The van der Waals surface area contributed by atoms with E-state index in [0.717, 1.165) is 62.5 Å². The van der Waals surface area contributed by atoms with Crippen LogP contribution >= 0.6 is 0 Å². The van der Waals surface area contributed by atoms with Gasteiger partial charge in [-0.2, -0.15) is 0 Å². The molecule has 0 bridgehead atoms. The second-order valence-electron chi connectivity index (χ2n) is 9.10. The molecule has 36 heavy (non-hydrogen) atoms. The third-order valence-corrected chi connectivity index (χ3v) is 6.31. The summed E-state index contributed by atoms with van der Waals surface area (Å²) in [5.74, 6) is 6.07. The fraction of sp³-hybridized carbons (Fsp3) is 0.379. The third-order valence-electron chi connectivity index (χ3n) is 6.31. The maximum atomic E-state index is 11.9. The monoisotopic (exact) mass is 486 g/mol. The van der Waals surface area contributed by atoms with Gasteiger partial charge in [0.1, 0.15) is 0 Å². The second kappa shape index (κ2) is 13.0. The quantitative estimate of drug-likeness (QED) is 0.318. The lowest BCUT2D eigenvalue weighted by molar-refractivity contribution is 0.0342. The Hall–Kier alpha value is -3.44. The highest BCUT2D eigenvalue weighted by Gasteiger charge is 2.19. The molecule has 2 aromatic carbocycles. The first-order valence-electron chi connectivity index (χ1n) is 12.6. The number of aromatic nitrogens is 2. The molecule has 3 aromatic rings. The van der Waals surface area contributed by atoms with Crippen LogP contribution in [0.1, 0.15) is 47.2 Å². The van der Waals surface area contributed by atoms with Crippen molar-refractivity contribution in [1.82, 2.24) is 20.2 Å². The van der Waals surface area contributed by atoms with Crippen LogP contribution < -0.4 is 10.9 Å². The van der Waals surface area contributed by atoms with E-state index >= 15 is 0 Å². The molecule has 1 fully saturated rings. The van der Waals surface area contributed by atoms with Crippen LogP contribution in [0.3, 0.4) is 0 Å². The van der Waals surface area contributed by atoms with E-state index in [1.54, 1.807) is 0 Å². The minimum atomic E-state index is -0.514. The smallest absolute Gasteiger partial charge is 0.293 e. The molecule has 3 N–H and O–H groups in total. The first-order chi connectivity index (χ1) is 17.6. The highest BCUT2D eigenvalue weighted by molar-refractivity contribution is 5.44. The largest absolute Gasteiger partial charge is 0.502 e. The predicted molar refractivity (Wildman–Crippen MR) is 141 cm³/mol. The molecule has 1 aliphatic rings. The Balaban J connectivity index is 1.39. The van der Waals surface area contributed by atoms with Gasteiger partial charge < -0.3 is 20.1 Å². The molecule has 1 atom stereocenters. The van der Waals surface area contributed by atoms with Gasteiger partial charge in [-0.3, -0.25) is 9.69 Å². The van der Waals surface area contributed by atoms with Crippen LogP contribution in [0.2, 0.25) is 0 Å². The molecule has 0 saturated carbocycles. The summed E-state index contributed by atoms with van der Waals surface area (Å²) in [4.78, 5) is 21.0. The third kappa shape index (κ3) is 7.28. The summed E-state index contributed by atoms with van der Waals surface area (Å²) in [6.45, 7) is 8.12. The van der Waals surface area contributed by atoms with Crippen LogP contribution in [0.15, 0.2) is 59.7 Å². The molecule has 188 valence electrons. The van der Waals surface area contributed by atoms with Crippen molar-refractivity contribution in [2.24, 2.45) is 0 Å². The Morgan fingerprint density at radius 1 is 1.06 bits per heavy atom. The Morgan fingerprint density at radius 3 is 2.33 bits per heavy atom. The average Bonchev–Trinajstić information content (AvgIpc) is 2.91. The summed E-state index contributed by atoms with van der Waals surface area (Å²) >= 11 is 0. The molecule has 7 nitrogen and oxygen atoms in total. The lowest BCUT2D eigenvalue weighted by Crippen LogP contribution is -2.35. The van der Waals surface area contributed by atoms with E-state index in [0.29, 0.717) is 18.7 Å². The molecule has 0 radical (unpaired) electrons. The van der Waals surface area contributed by atoms with Crippen molar-refractivity contribution >= 4 is 0 Å². The number of rotatable bonds is 9. The summed E-state index contributed by atoms with van der Waals surface area (Å²) < 4.78 is 5.42. The first kappa shape index (κ1) is 25.6. The number of morpholine rings is 1. The van der Waals surface area contributed by atoms with Gasteiger partial charge in [0.25, 0.3) is 5.56 Å². The van der Waals surface area contributed by atoms with E-state index in [1.165, 1.54) is 11.9 Å². The highest BCUT2D eigenvalue weighted by atomic mass is 16.5. The molecule has 2 heterocycles. The summed E-state index contributed by atoms with van der Waals surface area (Å²) in [5, 5.41) is 13.6. The van der Waals surface area contributed by atoms with Crippen molar-refractivity contribution in [2.75, 3.05) is 39.4 Å². The first-order valence-corrected chi connectivity index (χ1v) is 12.6. The van der Waals surface area contributed by atoms with E-state index in [9.17, 15) is 9.90 Å². The lowest BCUT2D eigenvalue weighted by atomic mass is 9.94. The molecular formula is C29H34N4O3. The van der Waals surface area contributed by atoms with E-state index in [-0.39, 0.29) is 11.7 Å². The fourth-order valence-electron chi connectivity index (χ4n) is 4.29. The number of hydrogen-bond acceptors (Lipinski definition) is 6. The zero-order chi connectivity index (χ0) is 25.2. The van der Waals surface area contributed by atoms with Crippen molar-refractivity contribution in [3.8, 4) is 17.6 Å². The minimum Gasteiger partial charge on any atom is -0.502 e. The van der Waals surface area contributed by atoms with Gasteiger partial charge in [0, 0.05) is 43.2 Å². The van der Waals surface area contributed by atoms with Gasteiger partial charge in [0.2, 0.25) is 5.75 Å². The van der Waals surface area contributed by atoms with Crippen LogP contribution in [0.4, 0.5) is 0 Å². The van der Waals surface area contributed by atoms with E-state index in [1.807, 2.05) is 24.3 Å². The van der Waals surface area contributed by atoms with Crippen molar-refractivity contribution in [3.63, 3.8) is 0 Å². The lowest BCUT2D eigenvalue weighted by Gasteiger charge is -2.26. The molecule has 0 amide bonds. The Kier molecular flexibility index (Phi) is 9.28. The van der Waals surface area contributed by atoms with Crippen molar-refractivity contribution in [1.29, 1.82) is 0 Å². The molecule has 0 aliphatic carbocycles. The number of aromatic hydroxyl groups is 1. The molecule has 1 unspecified atom stereocenters. The number of H-pyrrole nitrogens is 1. The summed E-state index contributed by atoms with van der Waals surface area (Å²) in [6.07, 6.45) is 3.00. The Morgan fingerprint density at radius 2 is 1.69 bits per heavy atom. The van der Waals surface area contributed by atoms with Gasteiger partial charge in [0.15, 0.2) is 0 Å². The topological polar surface area (TPSA) is 90.5 Å². The van der Waals surface area contributed by atoms with Gasteiger partial charge in [0.05, 0.1) is 25.2 Å². The number of aromatic amines is 1. The Bertz CT molecular complexity index is 1220. The van der Waals surface area contributed by atoms with Crippen LogP contribution in [-0.2, 0) is 17.7 Å². The summed E-state index contributed by atoms with van der Waals surface area (Å²) in [7, 11) is 0. The highest BCUT2D eigenvalue weighted by Crippen LogP contribution is 2.23. The van der Waals surface area contributed by atoms with Crippen LogP contribution in [0.25, 0.3) is 0 Å². The normalized spacial score (nSPS) is 14.7. The van der Waals surface area contributed by atoms with Crippen molar-refractivity contribution in [2.45, 2.75) is 32.2 Å². The number of benzene rings is 2. The molecular weight excluding hydrogens is 452 g/mol. The van der Waals surface area contributed by atoms with Crippen LogP contribution in [0, 0.1) is 11.8 Å². The Labute approximate surface area is 212 Å². The molecule has 1 saturated heterocycles.